The number of hydrogen-bond donors (Lipinski definition) is 1. The van der Waals surface area contributed by atoms with Crippen LogP contribution in [0.5, 0.6) is 5.75 Å². The molecule has 1 atom stereocenters. The fourth-order valence-corrected chi connectivity index (χ4v) is 4.62. The number of methoxy groups -OCH3 is 1. The summed E-state index contributed by atoms with van der Waals surface area (Å²) in [5, 5.41) is 5.87. The van der Waals surface area contributed by atoms with Crippen LogP contribution in [0.4, 0.5) is 5.69 Å². The minimum absolute atomic E-state index is 0.0844. The molecule has 3 aromatic rings. The van der Waals surface area contributed by atoms with Crippen molar-refractivity contribution in [2.45, 2.75) is 12.6 Å². The summed E-state index contributed by atoms with van der Waals surface area (Å²) in [6.07, 6.45) is 0.727. The average Bonchev–Trinajstić information content (AvgIpc) is 2.85. The summed E-state index contributed by atoms with van der Waals surface area (Å²) in [5.41, 5.74) is 2.71. The van der Waals surface area contributed by atoms with Crippen LogP contribution in [0, 0.1) is 0 Å². The number of amides is 1. The molecule has 5 rings (SSSR count). The summed E-state index contributed by atoms with van der Waals surface area (Å²) >= 11 is 0. The lowest BCUT2D eigenvalue weighted by atomic mass is 10.0. The molecule has 1 saturated heterocycles. The number of fused-ring (bicyclic) bond motifs is 2. The zero-order valence-electron chi connectivity index (χ0n) is 18.4. The Hall–Kier alpha value is -3.09. The van der Waals surface area contributed by atoms with E-state index in [2.05, 4.69) is 34.5 Å². The highest BCUT2D eigenvalue weighted by Gasteiger charge is 2.32. The number of carbonyl (C=O) groups is 1. The van der Waals surface area contributed by atoms with E-state index in [1.54, 1.807) is 7.11 Å². The van der Waals surface area contributed by atoms with Crippen molar-refractivity contribution in [2.75, 3.05) is 51.8 Å². The van der Waals surface area contributed by atoms with E-state index in [4.69, 9.17) is 9.47 Å². The molecule has 2 aliphatic heterocycles. The summed E-state index contributed by atoms with van der Waals surface area (Å²) in [5.74, 6) is 0.927. The lowest BCUT2D eigenvalue weighted by Gasteiger charge is -2.39. The molecule has 166 valence electrons. The van der Waals surface area contributed by atoms with Crippen LogP contribution in [0.3, 0.4) is 0 Å². The third kappa shape index (κ3) is 4.16. The Morgan fingerprint density at radius 1 is 1.00 bits per heavy atom. The lowest BCUT2D eigenvalue weighted by Crippen LogP contribution is -2.44. The molecule has 1 fully saturated rings. The Balaban J connectivity index is 1.42. The standard InChI is InChI=1S/C26H29N3O3/c1-31-22-10-9-19-17-21(8-7-20(19)18-22)25-27-24-6-3-2-5-23(24)26(30)29(25)12-4-11-28-13-15-32-16-14-28/h2-3,5-10,17-18,25,27H,4,11-16H2,1H3. The summed E-state index contributed by atoms with van der Waals surface area (Å²) in [7, 11) is 1.68. The van der Waals surface area contributed by atoms with Crippen molar-refractivity contribution in [1.29, 1.82) is 0 Å². The monoisotopic (exact) mass is 431 g/mol. The molecule has 0 aliphatic carbocycles. The molecule has 0 aromatic heterocycles. The number of morpholine rings is 1. The third-order valence-electron chi connectivity index (χ3n) is 6.39. The van der Waals surface area contributed by atoms with Gasteiger partial charge in [-0.3, -0.25) is 9.69 Å². The molecule has 0 spiro atoms. The van der Waals surface area contributed by atoms with E-state index in [1.807, 2.05) is 41.3 Å². The Morgan fingerprint density at radius 3 is 2.62 bits per heavy atom. The Bertz CT molecular complexity index is 1110. The van der Waals surface area contributed by atoms with Crippen molar-refractivity contribution in [3.63, 3.8) is 0 Å². The minimum Gasteiger partial charge on any atom is -0.497 e. The van der Waals surface area contributed by atoms with Gasteiger partial charge in [-0.1, -0.05) is 30.3 Å². The summed E-state index contributed by atoms with van der Waals surface area (Å²) in [4.78, 5) is 17.9. The first-order valence-electron chi connectivity index (χ1n) is 11.3. The summed E-state index contributed by atoms with van der Waals surface area (Å²) in [6.45, 7) is 5.19. The number of para-hydroxylation sites is 1. The van der Waals surface area contributed by atoms with Crippen molar-refractivity contribution in [2.24, 2.45) is 0 Å². The molecule has 1 unspecified atom stereocenters. The van der Waals surface area contributed by atoms with E-state index < -0.39 is 0 Å². The maximum atomic E-state index is 13.5. The molecule has 32 heavy (non-hydrogen) atoms. The average molecular weight is 432 g/mol. The van der Waals surface area contributed by atoms with Gasteiger partial charge in [-0.05, 0) is 53.1 Å². The van der Waals surface area contributed by atoms with Gasteiger partial charge in [0.05, 0.1) is 25.9 Å². The third-order valence-corrected chi connectivity index (χ3v) is 6.39. The predicted molar refractivity (Wildman–Crippen MR) is 126 cm³/mol. The fourth-order valence-electron chi connectivity index (χ4n) is 4.62. The first-order chi connectivity index (χ1) is 15.7. The van der Waals surface area contributed by atoms with Gasteiger partial charge in [0.25, 0.3) is 5.91 Å². The van der Waals surface area contributed by atoms with Crippen LogP contribution in [0.2, 0.25) is 0 Å². The van der Waals surface area contributed by atoms with Crippen LogP contribution in [-0.2, 0) is 4.74 Å². The number of rotatable bonds is 6. The van der Waals surface area contributed by atoms with Crippen LogP contribution in [0.25, 0.3) is 10.8 Å². The largest absolute Gasteiger partial charge is 0.497 e. The van der Waals surface area contributed by atoms with E-state index in [0.29, 0.717) is 6.54 Å². The Labute approximate surface area is 188 Å². The lowest BCUT2D eigenvalue weighted by molar-refractivity contribution is 0.0348. The van der Waals surface area contributed by atoms with Crippen molar-refractivity contribution < 1.29 is 14.3 Å². The molecular formula is C26H29N3O3. The van der Waals surface area contributed by atoms with E-state index >= 15 is 0 Å². The zero-order valence-corrected chi connectivity index (χ0v) is 18.4. The van der Waals surface area contributed by atoms with E-state index in [-0.39, 0.29) is 12.1 Å². The highest BCUT2D eigenvalue weighted by Crippen LogP contribution is 2.34. The molecule has 2 heterocycles. The normalized spacial score (nSPS) is 19.0. The highest BCUT2D eigenvalue weighted by molar-refractivity contribution is 6.01. The first-order valence-corrected chi connectivity index (χ1v) is 11.3. The van der Waals surface area contributed by atoms with Crippen LogP contribution >= 0.6 is 0 Å². The van der Waals surface area contributed by atoms with Crippen molar-refractivity contribution in [1.82, 2.24) is 9.80 Å². The predicted octanol–water partition coefficient (Wildman–Crippen LogP) is 4.14. The molecule has 3 aromatic carbocycles. The molecule has 2 aliphatic rings. The van der Waals surface area contributed by atoms with Gasteiger partial charge in [-0.25, -0.2) is 0 Å². The molecule has 1 N–H and O–H groups in total. The number of hydrogen-bond acceptors (Lipinski definition) is 5. The highest BCUT2D eigenvalue weighted by atomic mass is 16.5. The number of nitrogens with one attached hydrogen (secondary N) is 1. The van der Waals surface area contributed by atoms with Crippen LogP contribution in [0.15, 0.2) is 60.7 Å². The van der Waals surface area contributed by atoms with Gasteiger partial charge in [0.1, 0.15) is 11.9 Å². The van der Waals surface area contributed by atoms with Gasteiger partial charge in [0.15, 0.2) is 0 Å². The molecule has 0 saturated carbocycles. The second-order valence-electron chi connectivity index (χ2n) is 8.37. The molecule has 0 radical (unpaired) electrons. The fraction of sp³-hybridized carbons (Fsp3) is 0.346. The van der Waals surface area contributed by atoms with Gasteiger partial charge in [0, 0.05) is 31.9 Å². The van der Waals surface area contributed by atoms with Crippen LogP contribution in [0.1, 0.15) is 28.5 Å². The number of anilines is 1. The Morgan fingerprint density at radius 2 is 1.78 bits per heavy atom. The SMILES string of the molecule is COc1ccc2cc(C3Nc4ccccc4C(=O)N3CCCN3CCOCC3)ccc2c1. The molecule has 6 nitrogen and oxygen atoms in total. The minimum atomic E-state index is -0.200. The zero-order chi connectivity index (χ0) is 21.9. The number of carbonyl (C=O) groups excluding carboxylic acids is 1. The number of benzene rings is 3. The molecule has 0 bridgehead atoms. The van der Waals surface area contributed by atoms with Gasteiger partial charge in [0.2, 0.25) is 0 Å². The van der Waals surface area contributed by atoms with Crippen LogP contribution in [-0.4, -0.2) is 62.2 Å². The smallest absolute Gasteiger partial charge is 0.257 e. The molecule has 6 heteroatoms. The molecular weight excluding hydrogens is 402 g/mol. The maximum Gasteiger partial charge on any atom is 0.257 e. The maximum absolute atomic E-state index is 13.5. The summed E-state index contributed by atoms with van der Waals surface area (Å²) < 4.78 is 10.8. The molecule has 1 amide bonds. The second-order valence-corrected chi connectivity index (χ2v) is 8.37. The van der Waals surface area contributed by atoms with Gasteiger partial charge in [-0.2, -0.15) is 0 Å². The summed E-state index contributed by atoms with van der Waals surface area (Å²) in [6, 6.07) is 20.2. The van der Waals surface area contributed by atoms with Crippen molar-refractivity contribution >= 4 is 22.4 Å². The topological polar surface area (TPSA) is 54.0 Å². The van der Waals surface area contributed by atoms with Gasteiger partial charge < -0.3 is 19.7 Å². The van der Waals surface area contributed by atoms with Crippen molar-refractivity contribution in [3.05, 3.63) is 71.8 Å². The van der Waals surface area contributed by atoms with Crippen LogP contribution < -0.4 is 10.1 Å². The number of ether oxygens (including phenoxy) is 2. The number of nitrogens with zero attached hydrogens (tertiary/aromatic N) is 2. The van der Waals surface area contributed by atoms with E-state index in [1.165, 1.54) is 0 Å². The first kappa shape index (κ1) is 20.8. The quantitative estimate of drug-likeness (QED) is 0.636. The van der Waals surface area contributed by atoms with Crippen molar-refractivity contribution in [3.8, 4) is 5.75 Å². The Kier molecular flexibility index (Phi) is 5.97. The van der Waals surface area contributed by atoms with E-state index in [9.17, 15) is 4.79 Å². The van der Waals surface area contributed by atoms with E-state index in [0.717, 1.165) is 72.6 Å². The second kappa shape index (κ2) is 9.18. The van der Waals surface area contributed by atoms with Gasteiger partial charge in [-0.15, -0.1) is 0 Å². The van der Waals surface area contributed by atoms with Gasteiger partial charge >= 0.3 is 0 Å².